The van der Waals surface area contributed by atoms with Crippen LogP contribution in [0.2, 0.25) is 0 Å². The smallest absolute Gasteiger partial charge is 0.124 e. The van der Waals surface area contributed by atoms with Crippen LogP contribution in [0.1, 0.15) is 32.1 Å². The Morgan fingerprint density at radius 1 is 1.31 bits per heavy atom. The zero-order valence-electron chi connectivity index (χ0n) is 7.87. The van der Waals surface area contributed by atoms with Crippen LogP contribution in [0.5, 0.6) is 0 Å². The van der Waals surface area contributed by atoms with Gasteiger partial charge in [-0.3, -0.25) is 0 Å². The maximum Gasteiger partial charge on any atom is 0.124 e. The summed E-state index contributed by atoms with van der Waals surface area (Å²) in [5, 5.41) is 0. The lowest BCUT2D eigenvalue weighted by Crippen LogP contribution is -2.58. The molecule has 2 nitrogen and oxygen atoms in total. The molecule has 3 aliphatic rings. The van der Waals surface area contributed by atoms with Crippen LogP contribution < -0.4 is 0 Å². The first-order chi connectivity index (χ1) is 6.38. The van der Waals surface area contributed by atoms with Gasteiger partial charge >= 0.3 is 0 Å². The van der Waals surface area contributed by atoms with Gasteiger partial charge in [-0.2, -0.15) is 0 Å². The van der Waals surface area contributed by atoms with Gasteiger partial charge in [-0.25, -0.2) is 0 Å². The number of ether oxygens (including phenoxy) is 1. The third-order valence-electron chi connectivity index (χ3n) is 4.51. The lowest BCUT2D eigenvalue weighted by Gasteiger charge is -2.54. The molecule has 3 fully saturated rings. The van der Waals surface area contributed by atoms with Crippen molar-refractivity contribution in [3.05, 3.63) is 0 Å². The maximum atomic E-state index is 11.0. The van der Waals surface area contributed by atoms with Gasteiger partial charge in [0.15, 0.2) is 0 Å². The third-order valence-corrected chi connectivity index (χ3v) is 4.51. The van der Waals surface area contributed by atoms with Crippen molar-refractivity contribution >= 4 is 6.29 Å². The summed E-state index contributed by atoms with van der Waals surface area (Å²) in [6, 6.07) is 0. The second-order valence-corrected chi connectivity index (χ2v) is 4.85. The van der Waals surface area contributed by atoms with Crippen molar-refractivity contribution in [3.8, 4) is 0 Å². The van der Waals surface area contributed by atoms with Crippen molar-refractivity contribution in [2.45, 2.75) is 38.2 Å². The minimum absolute atomic E-state index is 0.295. The Kier molecular flexibility index (Phi) is 1.58. The number of aldehydes is 1. The minimum Gasteiger partial charge on any atom is -0.377 e. The molecule has 2 heteroatoms. The van der Waals surface area contributed by atoms with E-state index < -0.39 is 0 Å². The molecule has 0 bridgehead atoms. The molecule has 0 aromatic carbocycles. The second kappa shape index (κ2) is 2.57. The lowest BCUT2D eigenvalue weighted by atomic mass is 9.51. The molecule has 0 radical (unpaired) electrons. The first-order valence-corrected chi connectivity index (χ1v) is 5.45. The van der Waals surface area contributed by atoms with Gasteiger partial charge in [0, 0.05) is 17.9 Å². The SMILES string of the molecule is O=C[C@@H]1[C@H]2CCO[C@H]2C12CCCC2. The average molecular weight is 180 g/mol. The molecule has 0 amide bonds. The molecule has 1 saturated heterocycles. The molecule has 1 aliphatic heterocycles. The van der Waals surface area contributed by atoms with Crippen molar-refractivity contribution in [1.82, 2.24) is 0 Å². The molecule has 0 N–H and O–H groups in total. The van der Waals surface area contributed by atoms with Crippen LogP contribution in [0.3, 0.4) is 0 Å². The van der Waals surface area contributed by atoms with E-state index in [1.807, 2.05) is 0 Å². The van der Waals surface area contributed by atoms with Crippen molar-refractivity contribution in [3.63, 3.8) is 0 Å². The Morgan fingerprint density at radius 3 is 2.77 bits per heavy atom. The highest BCUT2D eigenvalue weighted by atomic mass is 16.5. The van der Waals surface area contributed by atoms with Gasteiger partial charge in [0.1, 0.15) is 6.29 Å². The fourth-order valence-corrected chi connectivity index (χ4v) is 3.95. The molecule has 3 rings (SSSR count). The first kappa shape index (κ1) is 7.98. The molecular weight excluding hydrogens is 164 g/mol. The predicted molar refractivity (Wildman–Crippen MR) is 48.3 cm³/mol. The summed E-state index contributed by atoms with van der Waals surface area (Å²) in [7, 11) is 0. The van der Waals surface area contributed by atoms with Crippen LogP contribution in [0.25, 0.3) is 0 Å². The summed E-state index contributed by atoms with van der Waals surface area (Å²) in [4.78, 5) is 11.0. The highest BCUT2D eigenvalue weighted by Gasteiger charge is 2.64. The highest BCUT2D eigenvalue weighted by molar-refractivity contribution is 5.59. The van der Waals surface area contributed by atoms with Crippen molar-refractivity contribution in [1.29, 1.82) is 0 Å². The molecular formula is C11H16O2. The van der Waals surface area contributed by atoms with Gasteiger partial charge in [-0.15, -0.1) is 0 Å². The molecule has 72 valence electrons. The average Bonchev–Trinajstić information content (AvgIpc) is 2.69. The van der Waals surface area contributed by atoms with E-state index in [2.05, 4.69) is 0 Å². The van der Waals surface area contributed by atoms with E-state index in [-0.39, 0.29) is 0 Å². The number of rotatable bonds is 1. The number of hydrogen-bond acceptors (Lipinski definition) is 2. The molecule has 1 spiro atoms. The molecule has 0 unspecified atom stereocenters. The van der Waals surface area contributed by atoms with Crippen molar-refractivity contribution in [2.75, 3.05) is 6.61 Å². The molecule has 13 heavy (non-hydrogen) atoms. The van der Waals surface area contributed by atoms with Crippen LogP contribution in [-0.2, 0) is 9.53 Å². The van der Waals surface area contributed by atoms with E-state index in [4.69, 9.17) is 4.74 Å². The van der Waals surface area contributed by atoms with Crippen LogP contribution in [0, 0.1) is 17.3 Å². The zero-order chi connectivity index (χ0) is 8.89. The summed E-state index contributed by atoms with van der Waals surface area (Å²) in [6.45, 7) is 0.890. The van der Waals surface area contributed by atoms with Gasteiger partial charge in [0.25, 0.3) is 0 Å². The highest BCUT2D eigenvalue weighted by Crippen LogP contribution is 2.63. The molecule has 1 heterocycles. The number of fused-ring (bicyclic) bond motifs is 2. The molecule has 3 atom stereocenters. The largest absolute Gasteiger partial charge is 0.377 e. The fraction of sp³-hybridized carbons (Fsp3) is 0.909. The Hall–Kier alpha value is -0.370. The van der Waals surface area contributed by atoms with Crippen LogP contribution >= 0.6 is 0 Å². The lowest BCUT2D eigenvalue weighted by molar-refractivity contribution is -0.163. The second-order valence-electron chi connectivity index (χ2n) is 4.85. The van der Waals surface area contributed by atoms with Crippen LogP contribution in [0.15, 0.2) is 0 Å². The number of carbonyl (C=O) groups excluding carboxylic acids is 1. The van der Waals surface area contributed by atoms with Gasteiger partial charge in [0.2, 0.25) is 0 Å². The molecule has 2 aliphatic carbocycles. The summed E-state index contributed by atoms with van der Waals surface area (Å²) < 4.78 is 5.76. The Morgan fingerprint density at radius 2 is 2.08 bits per heavy atom. The van der Waals surface area contributed by atoms with Gasteiger partial charge in [-0.05, 0) is 25.2 Å². The van der Waals surface area contributed by atoms with E-state index in [1.165, 1.54) is 32.0 Å². The quantitative estimate of drug-likeness (QED) is 0.575. The third kappa shape index (κ3) is 0.804. The topological polar surface area (TPSA) is 26.3 Å². The van der Waals surface area contributed by atoms with Crippen LogP contribution in [-0.4, -0.2) is 19.0 Å². The summed E-state index contributed by atoms with van der Waals surface area (Å²) >= 11 is 0. The van der Waals surface area contributed by atoms with Gasteiger partial charge in [-0.1, -0.05) is 12.8 Å². The fourth-order valence-electron chi connectivity index (χ4n) is 3.95. The standard InChI is InChI=1S/C11H16O2/c12-7-9-8-3-6-13-10(8)11(9)4-1-2-5-11/h7-10H,1-6H2/t8-,9-,10-/m1/s1. The molecule has 0 aromatic rings. The van der Waals surface area contributed by atoms with E-state index in [0.717, 1.165) is 13.0 Å². The molecule has 0 aromatic heterocycles. The van der Waals surface area contributed by atoms with Gasteiger partial charge < -0.3 is 9.53 Å². The summed E-state index contributed by atoms with van der Waals surface area (Å²) in [5.41, 5.74) is 0.295. The van der Waals surface area contributed by atoms with E-state index in [9.17, 15) is 4.79 Å². The Bertz CT molecular complexity index is 230. The first-order valence-electron chi connectivity index (χ1n) is 5.45. The monoisotopic (exact) mass is 180 g/mol. The van der Waals surface area contributed by atoms with Crippen LogP contribution in [0.4, 0.5) is 0 Å². The Balaban J connectivity index is 1.89. The normalized spacial score (nSPS) is 46.0. The van der Waals surface area contributed by atoms with Crippen molar-refractivity contribution < 1.29 is 9.53 Å². The number of hydrogen-bond donors (Lipinski definition) is 0. The summed E-state index contributed by atoms with van der Waals surface area (Å²) in [5.74, 6) is 0.915. The Labute approximate surface area is 78.6 Å². The predicted octanol–water partition coefficient (Wildman–Crippen LogP) is 1.78. The van der Waals surface area contributed by atoms with E-state index in [0.29, 0.717) is 23.4 Å². The maximum absolute atomic E-state index is 11.0. The van der Waals surface area contributed by atoms with E-state index in [1.54, 1.807) is 0 Å². The minimum atomic E-state index is 0.295. The van der Waals surface area contributed by atoms with E-state index >= 15 is 0 Å². The molecule has 2 saturated carbocycles. The zero-order valence-corrected chi connectivity index (χ0v) is 7.87. The van der Waals surface area contributed by atoms with Gasteiger partial charge in [0.05, 0.1) is 6.10 Å². The number of carbonyl (C=O) groups is 1. The van der Waals surface area contributed by atoms with Crippen molar-refractivity contribution in [2.24, 2.45) is 17.3 Å². The summed E-state index contributed by atoms with van der Waals surface area (Å²) in [6.07, 6.45) is 7.85.